The number of rotatable bonds is 5. The molecule has 0 aromatic heterocycles. The Labute approximate surface area is 193 Å². The van der Waals surface area contributed by atoms with E-state index in [1.165, 1.54) is 19.2 Å². The van der Waals surface area contributed by atoms with E-state index in [4.69, 9.17) is 9.47 Å². The lowest BCUT2D eigenvalue weighted by molar-refractivity contribution is -0.136. The van der Waals surface area contributed by atoms with Crippen LogP contribution in [0.25, 0.3) is 0 Å². The Kier molecular flexibility index (Phi) is 6.11. The molecular weight excluding hydrogens is 421 g/mol. The maximum Gasteiger partial charge on any atom is 0.336 e. The number of nitrogens with one attached hydrogen (secondary N) is 1. The van der Waals surface area contributed by atoms with Gasteiger partial charge in [-0.2, -0.15) is 0 Å². The van der Waals surface area contributed by atoms with Crippen molar-refractivity contribution >= 4 is 11.8 Å². The summed E-state index contributed by atoms with van der Waals surface area (Å²) in [7, 11) is 1.35. The van der Waals surface area contributed by atoms with E-state index < -0.39 is 11.9 Å². The molecule has 4 rings (SSSR count). The van der Waals surface area contributed by atoms with Crippen molar-refractivity contribution in [3.05, 3.63) is 88.0 Å². The lowest BCUT2D eigenvalue weighted by Gasteiger charge is -2.39. The second kappa shape index (κ2) is 8.85. The zero-order valence-corrected chi connectivity index (χ0v) is 19.3. The van der Waals surface area contributed by atoms with Crippen molar-refractivity contribution < 1.29 is 23.5 Å². The van der Waals surface area contributed by atoms with Gasteiger partial charge in [-0.3, -0.25) is 4.79 Å². The first-order valence-electron chi connectivity index (χ1n) is 11.0. The molecule has 1 aliphatic heterocycles. The number of carbonyl (C=O) groups excluding carboxylic acids is 2. The molecule has 0 amide bonds. The quantitative estimate of drug-likeness (QED) is 0.637. The van der Waals surface area contributed by atoms with Crippen LogP contribution >= 0.6 is 0 Å². The van der Waals surface area contributed by atoms with Crippen molar-refractivity contribution in [1.29, 1.82) is 0 Å². The number of ketones is 1. The number of esters is 1. The molecule has 6 heteroatoms. The van der Waals surface area contributed by atoms with Gasteiger partial charge in [-0.25, -0.2) is 9.18 Å². The Morgan fingerprint density at radius 1 is 1.09 bits per heavy atom. The number of carbonyl (C=O) groups is 2. The van der Waals surface area contributed by atoms with Crippen molar-refractivity contribution in [3.63, 3.8) is 0 Å². The summed E-state index contributed by atoms with van der Waals surface area (Å²) in [5, 5.41) is 3.31. The van der Waals surface area contributed by atoms with Crippen molar-refractivity contribution in [2.24, 2.45) is 5.41 Å². The monoisotopic (exact) mass is 449 g/mol. The summed E-state index contributed by atoms with van der Waals surface area (Å²) >= 11 is 0. The Hall–Kier alpha value is -3.41. The van der Waals surface area contributed by atoms with E-state index in [-0.39, 0.29) is 17.0 Å². The molecule has 1 aliphatic carbocycles. The summed E-state index contributed by atoms with van der Waals surface area (Å²) in [5.74, 6) is -0.551. The molecule has 0 unspecified atom stereocenters. The van der Waals surface area contributed by atoms with Crippen molar-refractivity contribution in [1.82, 2.24) is 5.32 Å². The van der Waals surface area contributed by atoms with Gasteiger partial charge in [0.15, 0.2) is 5.78 Å². The summed E-state index contributed by atoms with van der Waals surface area (Å²) in [6.07, 6.45) is 1.16. The molecule has 0 saturated carbocycles. The van der Waals surface area contributed by atoms with Crippen LogP contribution in [0.2, 0.25) is 0 Å². The molecule has 172 valence electrons. The van der Waals surface area contributed by atoms with Gasteiger partial charge in [-0.1, -0.05) is 38.1 Å². The Morgan fingerprint density at radius 2 is 1.76 bits per heavy atom. The zero-order chi connectivity index (χ0) is 23.8. The van der Waals surface area contributed by atoms with Crippen LogP contribution in [0.15, 0.2) is 71.1 Å². The fourth-order valence-corrected chi connectivity index (χ4v) is 4.65. The Bertz CT molecular complexity index is 1140. The molecule has 1 atom stereocenters. The molecule has 5 nitrogen and oxygen atoms in total. The van der Waals surface area contributed by atoms with Gasteiger partial charge in [0.2, 0.25) is 0 Å². The van der Waals surface area contributed by atoms with Crippen molar-refractivity contribution in [3.8, 4) is 5.75 Å². The standard InChI is InChI=1S/C27H28FNO4/c1-16-23(26(31)32-4)24(25-21(29-16)13-27(2,3)14-22(25)30)18-7-11-20(12-8-18)33-15-17-5-9-19(28)10-6-17/h5-12,24,29H,13-15H2,1-4H3/t24-/m0/s1. The van der Waals surface area contributed by atoms with Gasteiger partial charge in [-0.15, -0.1) is 0 Å². The van der Waals surface area contributed by atoms with Crippen LogP contribution in [0.4, 0.5) is 4.39 Å². The minimum atomic E-state index is -0.497. The Balaban J connectivity index is 1.65. The lowest BCUT2D eigenvalue weighted by atomic mass is 9.68. The molecule has 0 spiro atoms. The summed E-state index contributed by atoms with van der Waals surface area (Å²) in [6.45, 7) is 6.30. The largest absolute Gasteiger partial charge is 0.489 e. The molecule has 33 heavy (non-hydrogen) atoms. The van der Waals surface area contributed by atoms with E-state index in [0.29, 0.717) is 35.6 Å². The molecular formula is C27H28FNO4. The number of methoxy groups -OCH3 is 1. The van der Waals surface area contributed by atoms with Crippen LogP contribution in [0, 0.1) is 11.2 Å². The number of halogens is 1. The molecule has 1 N–H and O–H groups in total. The Morgan fingerprint density at radius 3 is 2.39 bits per heavy atom. The SMILES string of the molecule is COC(=O)C1=C(C)NC2=C(C(=O)CC(C)(C)C2)[C@H]1c1ccc(OCc2ccc(F)cc2)cc1. The first-order valence-corrected chi connectivity index (χ1v) is 11.0. The number of dihydropyridines is 1. The van der Waals surface area contributed by atoms with Gasteiger partial charge in [-0.05, 0) is 54.2 Å². The average molecular weight is 450 g/mol. The predicted octanol–water partition coefficient (Wildman–Crippen LogP) is 5.18. The van der Waals surface area contributed by atoms with Crippen molar-refractivity contribution in [2.45, 2.75) is 46.1 Å². The van der Waals surface area contributed by atoms with Gasteiger partial charge in [0, 0.05) is 29.3 Å². The van der Waals surface area contributed by atoms with E-state index in [9.17, 15) is 14.0 Å². The van der Waals surface area contributed by atoms with Crippen LogP contribution in [0.5, 0.6) is 5.75 Å². The topological polar surface area (TPSA) is 64.6 Å². The number of Topliss-reactive ketones (excluding diaryl/α,β-unsaturated/α-hetero) is 1. The summed E-state index contributed by atoms with van der Waals surface area (Å²) < 4.78 is 24.0. The predicted molar refractivity (Wildman–Crippen MR) is 123 cm³/mol. The molecule has 0 fully saturated rings. The van der Waals surface area contributed by atoms with Gasteiger partial charge in [0.25, 0.3) is 0 Å². The number of hydrogen-bond donors (Lipinski definition) is 1. The molecule has 2 aromatic rings. The maximum atomic E-state index is 13.2. The van der Waals surface area contributed by atoms with E-state index in [1.807, 2.05) is 31.2 Å². The second-order valence-electron chi connectivity index (χ2n) is 9.41. The average Bonchev–Trinajstić information content (AvgIpc) is 2.77. The second-order valence-corrected chi connectivity index (χ2v) is 9.41. The molecule has 1 heterocycles. The van der Waals surface area contributed by atoms with Gasteiger partial charge in [0.05, 0.1) is 12.7 Å². The smallest absolute Gasteiger partial charge is 0.336 e. The molecule has 0 radical (unpaired) electrons. The lowest BCUT2D eigenvalue weighted by Crippen LogP contribution is -2.38. The number of hydrogen-bond acceptors (Lipinski definition) is 5. The number of benzene rings is 2. The van der Waals surface area contributed by atoms with Crippen LogP contribution in [-0.2, 0) is 20.9 Å². The van der Waals surface area contributed by atoms with Gasteiger partial charge < -0.3 is 14.8 Å². The van der Waals surface area contributed by atoms with E-state index >= 15 is 0 Å². The molecule has 0 bridgehead atoms. The van der Waals surface area contributed by atoms with Crippen LogP contribution in [0.1, 0.15) is 50.7 Å². The van der Waals surface area contributed by atoms with Gasteiger partial charge >= 0.3 is 5.97 Å². The highest BCUT2D eigenvalue weighted by Crippen LogP contribution is 2.46. The van der Waals surface area contributed by atoms with E-state index in [2.05, 4.69) is 19.2 Å². The van der Waals surface area contributed by atoms with E-state index in [1.54, 1.807) is 12.1 Å². The maximum absolute atomic E-state index is 13.2. The zero-order valence-electron chi connectivity index (χ0n) is 19.3. The highest BCUT2D eigenvalue weighted by Gasteiger charge is 2.42. The third kappa shape index (κ3) is 4.70. The molecule has 2 aliphatic rings. The molecule has 2 aromatic carbocycles. The summed E-state index contributed by atoms with van der Waals surface area (Å²) in [5.41, 5.74) is 4.20. The van der Waals surface area contributed by atoms with Gasteiger partial charge in [0.1, 0.15) is 18.2 Å². The first-order chi connectivity index (χ1) is 15.7. The third-order valence-electron chi connectivity index (χ3n) is 6.18. The fourth-order valence-electron chi connectivity index (χ4n) is 4.65. The number of ether oxygens (including phenoxy) is 2. The van der Waals surface area contributed by atoms with Crippen LogP contribution in [0.3, 0.4) is 0 Å². The first kappa shape index (κ1) is 22.8. The van der Waals surface area contributed by atoms with Crippen LogP contribution in [-0.4, -0.2) is 18.9 Å². The van der Waals surface area contributed by atoms with Crippen LogP contribution < -0.4 is 10.1 Å². The molecule has 0 saturated heterocycles. The highest BCUT2D eigenvalue weighted by atomic mass is 19.1. The minimum Gasteiger partial charge on any atom is -0.489 e. The highest BCUT2D eigenvalue weighted by molar-refractivity contribution is 6.04. The minimum absolute atomic E-state index is 0.0456. The summed E-state index contributed by atoms with van der Waals surface area (Å²) in [6, 6.07) is 13.6. The fraction of sp³-hybridized carbons (Fsp3) is 0.333. The van der Waals surface area contributed by atoms with E-state index in [0.717, 1.165) is 23.2 Å². The third-order valence-corrected chi connectivity index (χ3v) is 6.18. The normalized spacial score (nSPS) is 19.7. The summed E-state index contributed by atoms with van der Waals surface area (Å²) in [4.78, 5) is 25.9. The van der Waals surface area contributed by atoms with Crippen molar-refractivity contribution in [2.75, 3.05) is 7.11 Å². The number of allylic oxidation sites excluding steroid dienone is 3.